The summed E-state index contributed by atoms with van der Waals surface area (Å²) in [6.45, 7) is 2.06. The van der Waals surface area contributed by atoms with Crippen molar-refractivity contribution in [2.24, 2.45) is 0 Å². The van der Waals surface area contributed by atoms with E-state index in [1.54, 1.807) is 48.5 Å². The zero-order valence-electron chi connectivity index (χ0n) is 16.2. The summed E-state index contributed by atoms with van der Waals surface area (Å²) in [5.74, 6) is -1.23. The largest absolute Gasteiger partial charge is 0.484 e. The molecule has 160 valence electrons. The Morgan fingerprint density at radius 1 is 0.800 bits per heavy atom. The number of hydrazine groups is 1. The molecule has 0 bridgehead atoms. The maximum absolute atomic E-state index is 12.2. The van der Waals surface area contributed by atoms with Crippen molar-refractivity contribution in [1.29, 1.82) is 0 Å². The fourth-order valence-corrected chi connectivity index (χ4v) is 2.29. The van der Waals surface area contributed by atoms with Gasteiger partial charge in [-0.3, -0.25) is 20.4 Å². The molecule has 0 unspecified atom stereocenters. The van der Waals surface area contributed by atoms with Gasteiger partial charge in [0.25, 0.3) is 11.8 Å². The standard InChI is InChI=1S/C20H20Cl2N2O6/c1-20(2,30-16-9-5-14(22)6-10-16)19(27)29-12-18(26)24-23-17(25)11-28-15-7-3-13(21)4-8-15/h3-10H,11-12H2,1-2H3,(H,23,25)(H,24,26). The summed E-state index contributed by atoms with van der Waals surface area (Å²) >= 11 is 11.6. The zero-order valence-corrected chi connectivity index (χ0v) is 17.8. The Morgan fingerprint density at radius 2 is 1.27 bits per heavy atom. The third kappa shape index (κ3) is 7.81. The molecule has 0 heterocycles. The number of hydrogen-bond donors (Lipinski definition) is 2. The van der Waals surface area contributed by atoms with Crippen LogP contribution in [0.15, 0.2) is 48.5 Å². The smallest absolute Gasteiger partial charge is 0.350 e. The number of rotatable bonds is 8. The highest BCUT2D eigenvalue weighted by Crippen LogP contribution is 2.21. The van der Waals surface area contributed by atoms with Gasteiger partial charge < -0.3 is 14.2 Å². The van der Waals surface area contributed by atoms with Gasteiger partial charge in [0.15, 0.2) is 18.8 Å². The van der Waals surface area contributed by atoms with Crippen LogP contribution in [0.3, 0.4) is 0 Å². The third-order valence-corrected chi connectivity index (χ3v) is 4.04. The van der Waals surface area contributed by atoms with Crippen molar-refractivity contribution in [3.63, 3.8) is 0 Å². The summed E-state index contributed by atoms with van der Waals surface area (Å²) in [4.78, 5) is 35.7. The lowest BCUT2D eigenvalue weighted by molar-refractivity contribution is -0.162. The van der Waals surface area contributed by atoms with Crippen LogP contribution in [0, 0.1) is 0 Å². The first kappa shape index (κ1) is 23.3. The van der Waals surface area contributed by atoms with E-state index in [-0.39, 0.29) is 6.61 Å². The van der Waals surface area contributed by atoms with Gasteiger partial charge in [-0.05, 0) is 62.4 Å². The summed E-state index contributed by atoms with van der Waals surface area (Å²) in [7, 11) is 0. The van der Waals surface area contributed by atoms with Gasteiger partial charge in [-0.1, -0.05) is 23.2 Å². The van der Waals surface area contributed by atoms with Crippen LogP contribution in [0.1, 0.15) is 13.8 Å². The van der Waals surface area contributed by atoms with Crippen molar-refractivity contribution in [3.05, 3.63) is 58.6 Å². The van der Waals surface area contributed by atoms with E-state index in [0.717, 1.165) is 0 Å². The monoisotopic (exact) mass is 454 g/mol. The molecule has 2 aromatic rings. The molecule has 0 aromatic heterocycles. The first-order valence-corrected chi connectivity index (χ1v) is 9.49. The van der Waals surface area contributed by atoms with Gasteiger partial charge in [0.05, 0.1) is 0 Å². The minimum Gasteiger partial charge on any atom is -0.484 e. The molecule has 0 spiro atoms. The van der Waals surface area contributed by atoms with Crippen LogP contribution in [0.2, 0.25) is 10.0 Å². The van der Waals surface area contributed by atoms with Gasteiger partial charge >= 0.3 is 5.97 Å². The molecule has 0 saturated carbocycles. The minimum atomic E-state index is -1.34. The highest BCUT2D eigenvalue weighted by Gasteiger charge is 2.32. The second kappa shape index (κ2) is 10.7. The average Bonchev–Trinajstić information content (AvgIpc) is 2.71. The Hall–Kier alpha value is -2.97. The molecule has 30 heavy (non-hydrogen) atoms. The summed E-state index contributed by atoms with van der Waals surface area (Å²) < 4.78 is 15.7. The lowest BCUT2D eigenvalue weighted by Crippen LogP contribution is -2.47. The molecular weight excluding hydrogens is 435 g/mol. The van der Waals surface area contributed by atoms with Crippen molar-refractivity contribution in [3.8, 4) is 11.5 Å². The summed E-state index contributed by atoms with van der Waals surface area (Å²) in [5.41, 5.74) is 2.92. The first-order valence-electron chi connectivity index (χ1n) is 8.73. The van der Waals surface area contributed by atoms with Crippen LogP contribution >= 0.6 is 23.2 Å². The van der Waals surface area contributed by atoms with Crippen LogP contribution in [0.25, 0.3) is 0 Å². The number of hydrogen-bond acceptors (Lipinski definition) is 6. The maximum Gasteiger partial charge on any atom is 0.350 e. The summed E-state index contributed by atoms with van der Waals surface area (Å²) in [6.07, 6.45) is 0. The molecule has 2 rings (SSSR count). The predicted molar refractivity (Wildman–Crippen MR) is 110 cm³/mol. The quantitative estimate of drug-likeness (QED) is 0.469. The van der Waals surface area contributed by atoms with Gasteiger partial charge in [0.2, 0.25) is 0 Å². The highest BCUT2D eigenvalue weighted by molar-refractivity contribution is 6.30. The fraction of sp³-hybridized carbons (Fsp3) is 0.250. The van der Waals surface area contributed by atoms with Gasteiger partial charge in [-0.15, -0.1) is 0 Å². The first-order chi connectivity index (χ1) is 14.2. The van der Waals surface area contributed by atoms with Crippen LogP contribution in [0.5, 0.6) is 11.5 Å². The highest BCUT2D eigenvalue weighted by atomic mass is 35.5. The van der Waals surface area contributed by atoms with Crippen molar-refractivity contribution in [1.82, 2.24) is 10.9 Å². The van der Waals surface area contributed by atoms with Crippen LogP contribution in [-0.4, -0.2) is 36.6 Å². The van der Waals surface area contributed by atoms with Gasteiger partial charge in [0, 0.05) is 10.0 Å². The summed E-state index contributed by atoms with van der Waals surface area (Å²) in [6, 6.07) is 12.9. The molecule has 0 radical (unpaired) electrons. The van der Waals surface area contributed by atoms with Crippen LogP contribution in [0.4, 0.5) is 0 Å². The number of halogens is 2. The van der Waals surface area contributed by atoms with E-state index in [4.69, 9.17) is 37.4 Å². The number of amides is 2. The molecule has 2 aromatic carbocycles. The molecular formula is C20H20Cl2N2O6. The molecule has 2 amide bonds. The molecule has 2 N–H and O–H groups in total. The number of nitrogens with one attached hydrogen (secondary N) is 2. The number of carbonyl (C=O) groups excluding carboxylic acids is 3. The fourth-order valence-electron chi connectivity index (χ4n) is 2.04. The maximum atomic E-state index is 12.2. The SMILES string of the molecule is CC(C)(Oc1ccc(Cl)cc1)C(=O)OCC(=O)NNC(=O)COc1ccc(Cl)cc1. The normalized spacial score (nSPS) is 10.7. The Labute approximate surface area is 183 Å². The molecule has 0 aliphatic rings. The van der Waals surface area contributed by atoms with E-state index in [2.05, 4.69) is 10.9 Å². The molecule has 0 atom stereocenters. The van der Waals surface area contributed by atoms with Gasteiger partial charge in [-0.25, -0.2) is 4.79 Å². The van der Waals surface area contributed by atoms with Crippen LogP contribution < -0.4 is 20.3 Å². The van der Waals surface area contributed by atoms with Gasteiger partial charge in [-0.2, -0.15) is 0 Å². The Morgan fingerprint density at radius 3 is 1.80 bits per heavy atom. The topological polar surface area (TPSA) is 103 Å². The number of carbonyl (C=O) groups is 3. The molecule has 0 saturated heterocycles. The third-order valence-electron chi connectivity index (χ3n) is 3.54. The number of benzene rings is 2. The van der Waals surface area contributed by atoms with Crippen molar-refractivity contribution >= 4 is 41.0 Å². The van der Waals surface area contributed by atoms with E-state index in [0.29, 0.717) is 21.5 Å². The average molecular weight is 455 g/mol. The molecule has 0 aliphatic heterocycles. The van der Waals surface area contributed by atoms with Crippen LogP contribution in [-0.2, 0) is 19.1 Å². The number of esters is 1. The Balaban J connectivity index is 1.69. The van der Waals surface area contributed by atoms with E-state index >= 15 is 0 Å². The predicted octanol–water partition coefficient (Wildman–Crippen LogP) is 2.92. The van der Waals surface area contributed by atoms with Crippen molar-refractivity contribution in [2.45, 2.75) is 19.4 Å². The van der Waals surface area contributed by atoms with E-state index < -0.39 is 30.0 Å². The number of ether oxygens (including phenoxy) is 3. The second-order valence-electron chi connectivity index (χ2n) is 6.48. The Kier molecular flexibility index (Phi) is 8.32. The molecule has 8 nitrogen and oxygen atoms in total. The Bertz CT molecular complexity index is 885. The van der Waals surface area contributed by atoms with E-state index in [9.17, 15) is 14.4 Å². The summed E-state index contributed by atoms with van der Waals surface area (Å²) in [5, 5.41) is 1.07. The molecule has 10 heteroatoms. The van der Waals surface area contributed by atoms with E-state index in [1.807, 2.05) is 0 Å². The van der Waals surface area contributed by atoms with E-state index in [1.165, 1.54) is 13.8 Å². The minimum absolute atomic E-state index is 0.330. The zero-order chi connectivity index (χ0) is 22.1. The molecule has 0 fully saturated rings. The van der Waals surface area contributed by atoms with Gasteiger partial charge in [0.1, 0.15) is 11.5 Å². The second-order valence-corrected chi connectivity index (χ2v) is 7.35. The van der Waals surface area contributed by atoms with Crippen molar-refractivity contribution < 1.29 is 28.6 Å². The lowest BCUT2D eigenvalue weighted by atomic mass is 10.1. The molecule has 0 aliphatic carbocycles. The van der Waals surface area contributed by atoms with Crippen molar-refractivity contribution in [2.75, 3.05) is 13.2 Å². The lowest BCUT2D eigenvalue weighted by Gasteiger charge is -2.24.